The zero-order chi connectivity index (χ0) is 52.5. The van der Waals surface area contributed by atoms with E-state index in [0.29, 0.717) is 38.9 Å². The summed E-state index contributed by atoms with van der Waals surface area (Å²) in [7, 11) is -0.953. The summed E-state index contributed by atoms with van der Waals surface area (Å²) in [6.45, 7) is 27.0. The summed E-state index contributed by atoms with van der Waals surface area (Å²) in [5.41, 5.74) is 0. The average Bonchev–Trinajstić information content (AvgIpc) is 3.76. The average molecular weight is 1090 g/mol. The monoisotopic (exact) mass is 1090 g/mol. The van der Waals surface area contributed by atoms with Crippen LogP contribution >= 0.6 is 23.2 Å². The van der Waals surface area contributed by atoms with Crippen LogP contribution in [-0.2, 0) is 56.4 Å². The maximum atomic E-state index is 11.9. The van der Waals surface area contributed by atoms with Gasteiger partial charge in [-0.3, -0.25) is 14.4 Å². The minimum atomic E-state index is -1.94. The van der Waals surface area contributed by atoms with E-state index < -0.39 is 16.6 Å². The molecule has 4 fully saturated rings. The number of alkyl halides is 2. The molecule has 17 heteroatoms. The fourth-order valence-corrected chi connectivity index (χ4v) is 11.6. The van der Waals surface area contributed by atoms with Crippen molar-refractivity contribution in [3.63, 3.8) is 0 Å². The van der Waals surface area contributed by atoms with Gasteiger partial charge in [-0.2, -0.15) is 0 Å². The Balaban J connectivity index is 0.000000666. The van der Waals surface area contributed by atoms with Crippen LogP contribution in [0.2, 0.25) is 36.3 Å². The predicted molar refractivity (Wildman–Crippen MR) is 291 cm³/mol. The Kier molecular flexibility index (Phi) is 33.3. The van der Waals surface area contributed by atoms with Crippen LogP contribution in [-0.4, -0.2) is 123 Å². The highest BCUT2D eigenvalue weighted by atomic mass is 35.5. The van der Waals surface area contributed by atoms with Crippen LogP contribution in [0.5, 0.6) is 0 Å². The van der Waals surface area contributed by atoms with Crippen molar-refractivity contribution < 1.29 is 61.5 Å². The summed E-state index contributed by atoms with van der Waals surface area (Å²) in [6.07, 6.45) is 17.5. The number of aliphatic hydroxyl groups is 1. The summed E-state index contributed by atoms with van der Waals surface area (Å²) in [5, 5.41) is 11.4. The van der Waals surface area contributed by atoms with Crippen molar-refractivity contribution in [2.75, 3.05) is 46.0 Å². The summed E-state index contributed by atoms with van der Waals surface area (Å²) in [4.78, 5) is 34.6. The second-order valence-corrected chi connectivity index (χ2v) is 33.5. The van der Waals surface area contributed by atoms with Crippen LogP contribution in [0.15, 0.2) is 0 Å². The lowest BCUT2D eigenvalue weighted by Crippen LogP contribution is -2.44. The molecule has 10 atom stereocenters. The first kappa shape index (κ1) is 68.2. The Labute approximate surface area is 444 Å². The van der Waals surface area contributed by atoms with Crippen molar-refractivity contribution >= 4 is 57.7 Å². The van der Waals surface area contributed by atoms with Crippen molar-refractivity contribution in [2.45, 2.75) is 258 Å². The van der Waals surface area contributed by atoms with Gasteiger partial charge in [-0.25, -0.2) is 0 Å². The Hall–Kier alpha value is -0.856. The number of methoxy groups -OCH3 is 2. The molecular weight excluding hydrogens is 984 g/mol. The molecule has 0 aromatic rings. The number of carbonyl (C=O) groups is 3. The highest BCUT2D eigenvalue weighted by Gasteiger charge is 2.49. The molecule has 71 heavy (non-hydrogen) atoms. The smallest absolute Gasteiger partial charge is 0.305 e. The lowest BCUT2D eigenvalue weighted by Gasteiger charge is -2.39. The van der Waals surface area contributed by atoms with E-state index in [4.69, 9.17) is 65.2 Å². The number of rotatable bonds is 25. The normalized spacial score (nSPS) is 27.0. The molecule has 420 valence electrons. The van der Waals surface area contributed by atoms with Gasteiger partial charge < -0.3 is 47.1 Å². The number of esters is 3. The molecule has 0 bridgehead atoms. The van der Waals surface area contributed by atoms with E-state index in [0.717, 1.165) is 116 Å². The topological polar surface area (TPSA) is 155 Å². The molecule has 0 spiro atoms. The molecule has 2 saturated heterocycles. The van der Waals surface area contributed by atoms with E-state index in [-0.39, 0.29) is 101 Å². The van der Waals surface area contributed by atoms with E-state index in [1.165, 1.54) is 21.1 Å². The second kappa shape index (κ2) is 34.7. The second-order valence-electron chi connectivity index (χ2n) is 23.1. The molecule has 13 nitrogen and oxygen atoms in total. The zero-order valence-electron chi connectivity index (χ0n) is 46.1. The quantitative estimate of drug-likeness (QED) is 0.0303. The number of carbonyl (C=O) groups excluding carboxylic acids is 3. The fourth-order valence-electron chi connectivity index (χ4n) is 9.49. The number of aliphatic hydroxyl groups excluding tert-OH is 1. The third kappa shape index (κ3) is 25.2. The summed E-state index contributed by atoms with van der Waals surface area (Å²) in [6, 6.07) is 0. The van der Waals surface area contributed by atoms with Crippen LogP contribution in [0.4, 0.5) is 0 Å². The lowest BCUT2D eigenvalue weighted by atomic mass is 9.89. The van der Waals surface area contributed by atoms with Crippen molar-refractivity contribution in [3.8, 4) is 0 Å². The first-order chi connectivity index (χ1) is 32.9. The molecule has 4 aliphatic rings. The van der Waals surface area contributed by atoms with Crippen molar-refractivity contribution in [1.29, 1.82) is 0 Å². The van der Waals surface area contributed by atoms with Gasteiger partial charge >= 0.3 is 17.9 Å². The van der Waals surface area contributed by atoms with Gasteiger partial charge in [-0.05, 0) is 106 Å². The number of halogens is 2. The minimum Gasteiger partial charge on any atom is -0.469 e. The molecule has 0 aromatic carbocycles. The molecular formula is C54H104Cl2O13Si2. The Morgan fingerprint density at radius 3 is 1.37 bits per heavy atom. The Bertz CT molecular complexity index is 1450. The first-order valence-electron chi connectivity index (χ1n) is 26.8. The molecule has 0 radical (unpaired) electrons. The Morgan fingerprint density at radius 1 is 0.592 bits per heavy atom. The fraction of sp³-hybridized carbons (Fsp3) is 0.944. The van der Waals surface area contributed by atoms with Gasteiger partial charge in [-0.1, -0.05) is 87.5 Å². The lowest BCUT2D eigenvalue weighted by molar-refractivity contribution is -0.198. The SMILES string of the molecule is C.COC(=O)CCCCCCC1C(O)C[C@@H](OC2CCCCO2)[C@@H]1CO[Si](C)(C)C(C)(C)C.COC(=O)CCCCCCC1[C@@H](OC(C)=O)C[C@@H](OC2CCCCO2)[C@@H]1CO[Si](C)(C)C(C)(C)C.ClCCl. The third-order valence-corrected chi connectivity index (χ3v) is 24.9. The number of ether oxygens (including phenoxy) is 7. The standard InChI is InChI=1S/C27H50O7Si.C25H48O6Si.CH2Cl2.CH4/c1-20(28)33-23-18-24(34-26-16-12-13-17-31-26)22(19-32-35(6,7)27(2,3)4)21(23)14-10-8-9-11-15-25(29)30-5;1-25(2,3)32(5,6)30-18-20-19(13-9-7-8-10-14-23(27)28-4)21(26)17-22(20)31-24-15-11-12-16-29-24;2-1-3;/h21-24,26H,8-19H2,1-7H3;19-22,24,26H,7-18H2,1-6H3;1H2;1H4/t21?,22-,23+,24-,26?;19?,20-,21?,22-,24?;;/m11../s1. The van der Waals surface area contributed by atoms with Crippen molar-refractivity contribution in [1.82, 2.24) is 0 Å². The van der Waals surface area contributed by atoms with Gasteiger partial charge in [0.25, 0.3) is 0 Å². The van der Waals surface area contributed by atoms with Crippen molar-refractivity contribution in [2.24, 2.45) is 23.7 Å². The van der Waals surface area contributed by atoms with Gasteiger partial charge in [0.2, 0.25) is 0 Å². The maximum Gasteiger partial charge on any atom is 0.305 e. The van der Waals surface area contributed by atoms with Gasteiger partial charge in [-0.15, -0.1) is 23.2 Å². The largest absolute Gasteiger partial charge is 0.469 e. The van der Waals surface area contributed by atoms with E-state index in [1.807, 2.05) is 0 Å². The molecule has 2 saturated carbocycles. The number of hydrogen-bond donors (Lipinski definition) is 1. The van der Waals surface area contributed by atoms with E-state index in [2.05, 4.69) is 67.7 Å². The predicted octanol–water partition coefficient (Wildman–Crippen LogP) is 13.5. The van der Waals surface area contributed by atoms with Crippen LogP contribution in [0.25, 0.3) is 0 Å². The van der Waals surface area contributed by atoms with E-state index >= 15 is 0 Å². The van der Waals surface area contributed by atoms with Crippen LogP contribution in [0.1, 0.15) is 184 Å². The summed E-state index contributed by atoms with van der Waals surface area (Å²) >= 11 is 9.53. The van der Waals surface area contributed by atoms with Gasteiger partial charge in [0.05, 0.1) is 37.9 Å². The first-order valence-corrected chi connectivity index (χ1v) is 33.7. The molecule has 2 aliphatic heterocycles. The van der Waals surface area contributed by atoms with Crippen LogP contribution < -0.4 is 0 Å². The van der Waals surface area contributed by atoms with Gasteiger partial charge in [0, 0.05) is 76.8 Å². The molecule has 2 aliphatic carbocycles. The molecule has 0 amide bonds. The maximum absolute atomic E-state index is 11.9. The number of hydrogen-bond acceptors (Lipinski definition) is 13. The molecule has 0 aromatic heterocycles. The highest BCUT2D eigenvalue weighted by Crippen LogP contribution is 2.45. The van der Waals surface area contributed by atoms with Crippen LogP contribution in [0, 0.1) is 23.7 Å². The summed E-state index contributed by atoms with van der Waals surface area (Å²) < 4.78 is 53.2. The van der Waals surface area contributed by atoms with Crippen LogP contribution in [0.3, 0.4) is 0 Å². The molecule has 2 heterocycles. The molecule has 4 rings (SSSR count). The van der Waals surface area contributed by atoms with E-state index in [1.54, 1.807) is 0 Å². The minimum absolute atomic E-state index is 0. The number of unbranched alkanes of at least 4 members (excludes halogenated alkanes) is 6. The zero-order valence-corrected chi connectivity index (χ0v) is 49.6. The van der Waals surface area contributed by atoms with Gasteiger partial charge in [0.1, 0.15) is 6.10 Å². The van der Waals surface area contributed by atoms with Gasteiger partial charge in [0.15, 0.2) is 29.2 Å². The van der Waals surface area contributed by atoms with Crippen molar-refractivity contribution in [3.05, 3.63) is 0 Å². The third-order valence-electron chi connectivity index (χ3n) is 15.9. The molecule has 5 unspecified atom stereocenters. The van der Waals surface area contributed by atoms with E-state index in [9.17, 15) is 19.5 Å². The molecule has 1 N–H and O–H groups in total. The Morgan fingerprint density at radius 2 is 0.986 bits per heavy atom. The summed E-state index contributed by atoms with van der Waals surface area (Å²) in [5.74, 6) is 0.213. The highest BCUT2D eigenvalue weighted by molar-refractivity contribution is 6.74.